The van der Waals surface area contributed by atoms with Crippen LogP contribution in [0.15, 0.2) is 29.8 Å². The van der Waals surface area contributed by atoms with Crippen molar-refractivity contribution in [3.63, 3.8) is 0 Å². The quantitative estimate of drug-likeness (QED) is 0.884. The fraction of sp³-hybridized carbons (Fsp3) is 0.444. The summed E-state index contributed by atoms with van der Waals surface area (Å²) in [6, 6.07) is 5.69. The molecule has 0 radical (unpaired) electrons. The predicted molar refractivity (Wildman–Crippen MR) is 97.2 cm³/mol. The first-order valence-electron chi connectivity index (χ1n) is 8.37. The molecule has 0 bridgehead atoms. The number of nitrogens with zero attached hydrogens (tertiary/aromatic N) is 2. The van der Waals surface area contributed by atoms with Gasteiger partial charge < -0.3 is 19.7 Å². The number of thiazole rings is 1. The van der Waals surface area contributed by atoms with E-state index in [4.69, 9.17) is 9.47 Å². The number of nitrogens with one attached hydrogen (secondary N) is 1. The van der Waals surface area contributed by atoms with Crippen LogP contribution in [0.4, 0.5) is 4.79 Å². The van der Waals surface area contributed by atoms with Gasteiger partial charge in [-0.25, -0.2) is 9.78 Å². The lowest BCUT2D eigenvalue weighted by Gasteiger charge is -2.34. The van der Waals surface area contributed by atoms with Gasteiger partial charge in [-0.2, -0.15) is 0 Å². The molecule has 1 saturated heterocycles. The summed E-state index contributed by atoms with van der Waals surface area (Å²) in [4.78, 5) is 19.0. The summed E-state index contributed by atoms with van der Waals surface area (Å²) in [5.41, 5.74) is 0.966. The number of carbonyl (C=O) groups is 1. The summed E-state index contributed by atoms with van der Waals surface area (Å²) in [6.45, 7) is 1.21. The second kappa shape index (κ2) is 8.20. The normalized spacial score (nSPS) is 17.2. The van der Waals surface area contributed by atoms with Crippen molar-refractivity contribution >= 4 is 17.4 Å². The standard InChI is InChI=1S/C18H23N3O3S/c1-23-15-7-6-13(11-16(15)24-2)12-20-18(22)21-9-4-3-5-14(21)17-19-8-10-25-17/h6-8,10-11,14H,3-5,9,12H2,1-2H3,(H,20,22). The number of likely N-dealkylation sites (tertiary alicyclic amines) is 1. The van der Waals surface area contributed by atoms with Gasteiger partial charge in [0.2, 0.25) is 0 Å². The maximum absolute atomic E-state index is 12.7. The number of methoxy groups -OCH3 is 2. The lowest BCUT2D eigenvalue weighted by Crippen LogP contribution is -2.44. The van der Waals surface area contributed by atoms with Crippen LogP contribution in [0.3, 0.4) is 0 Å². The lowest BCUT2D eigenvalue weighted by atomic mass is 10.0. The summed E-state index contributed by atoms with van der Waals surface area (Å²) in [5, 5.41) is 5.99. The van der Waals surface area contributed by atoms with Gasteiger partial charge in [0.15, 0.2) is 11.5 Å². The largest absolute Gasteiger partial charge is 0.493 e. The Morgan fingerprint density at radius 1 is 1.32 bits per heavy atom. The number of urea groups is 1. The van der Waals surface area contributed by atoms with Crippen molar-refractivity contribution in [2.75, 3.05) is 20.8 Å². The molecule has 1 atom stereocenters. The predicted octanol–water partition coefficient (Wildman–Crippen LogP) is 3.60. The Morgan fingerprint density at radius 2 is 2.16 bits per heavy atom. The minimum Gasteiger partial charge on any atom is -0.493 e. The molecule has 134 valence electrons. The maximum atomic E-state index is 12.7. The van der Waals surface area contributed by atoms with Crippen molar-refractivity contribution in [3.8, 4) is 11.5 Å². The lowest BCUT2D eigenvalue weighted by molar-refractivity contribution is 0.151. The van der Waals surface area contributed by atoms with Crippen LogP contribution in [0, 0.1) is 0 Å². The zero-order chi connectivity index (χ0) is 17.6. The SMILES string of the molecule is COc1ccc(CNC(=O)N2CCCCC2c2nccs2)cc1OC. The maximum Gasteiger partial charge on any atom is 0.318 e. The summed E-state index contributed by atoms with van der Waals surface area (Å²) in [7, 11) is 3.21. The highest BCUT2D eigenvalue weighted by molar-refractivity contribution is 7.09. The van der Waals surface area contributed by atoms with Gasteiger partial charge in [-0.05, 0) is 37.0 Å². The van der Waals surface area contributed by atoms with Gasteiger partial charge in [0.25, 0.3) is 0 Å². The average molecular weight is 361 g/mol. The van der Waals surface area contributed by atoms with Crippen molar-refractivity contribution < 1.29 is 14.3 Å². The monoisotopic (exact) mass is 361 g/mol. The molecule has 6 nitrogen and oxygen atoms in total. The molecule has 3 rings (SSSR count). The highest BCUT2D eigenvalue weighted by Crippen LogP contribution is 2.32. The van der Waals surface area contributed by atoms with Crippen LogP contribution in [0.1, 0.15) is 35.9 Å². The third-order valence-electron chi connectivity index (χ3n) is 4.39. The molecule has 0 saturated carbocycles. The molecule has 1 aliphatic rings. The summed E-state index contributed by atoms with van der Waals surface area (Å²) >= 11 is 1.61. The number of benzene rings is 1. The Balaban J connectivity index is 1.65. The van der Waals surface area contributed by atoms with E-state index in [9.17, 15) is 4.79 Å². The number of hydrogen-bond donors (Lipinski definition) is 1. The van der Waals surface area contributed by atoms with Crippen molar-refractivity contribution in [1.29, 1.82) is 0 Å². The molecule has 0 aliphatic carbocycles. The second-order valence-corrected chi connectivity index (χ2v) is 6.85. The molecule has 1 fully saturated rings. The molecular weight excluding hydrogens is 338 g/mol. The van der Waals surface area contributed by atoms with E-state index in [1.165, 1.54) is 0 Å². The molecule has 0 spiro atoms. The van der Waals surface area contributed by atoms with Crippen LogP contribution in [-0.4, -0.2) is 36.7 Å². The van der Waals surface area contributed by atoms with E-state index in [2.05, 4.69) is 10.3 Å². The minimum absolute atomic E-state index is 0.0466. The van der Waals surface area contributed by atoms with Crippen LogP contribution in [0.25, 0.3) is 0 Å². The van der Waals surface area contributed by atoms with Gasteiger partial charge in [-0.1, -0.05) is 6.07 Å². The molecule has 2 heterocycles. The first-order chi connectivity index (χ1) is 12.2. The first kappa shape index (κ1) is 17.5. The van der Waals surface area contributed by atoms with Gasteiger partial charge in [0.05, 0.1) is 20.3 Å². The van der Waals surface area contributed by atoms with Crippen LogP contribution in [0.2, 0.25) is 0 Å². The van der Waals surface area contributed by atoms with Crippen molar-refractivity contribution in [2.45, 2.75) is 31.8 Å². The van der Waals surface area contributed by atoms with E-state index in [1.54, 1.807) is 31.8 Å². The number of carbonyl (C=O) groups excluding carboxylic acids is 1. The number of ether oxygens (including phenoxy) is 2. The zero-order valence-corrected chi connectivity index (χ0v) is 15.3. The number of rotatable bonds is 5. The fourth-order valence-corrected chi connectivity index (χ4v) is 3.89. The summed E-state index contributed by atoms with van der Waals surface area (Å²) in [5.74, 6) is 1.34. The van der Waals surface area contributed by atoms with Crippen LogP contribution < -0.4 is 14.8 Å². The summed E-state index contributed by atoms with van der Waals surface area (Å²) < 4.78 is 10.6. The molecule has 2 amide bonds. The molecule has 1 unspecified atom stereocenters. The highest BCUT2D eigenvalue weighted by atomic mass is 32.1. The number of aromatic nitrogens is 1. The van der Waals surface area contributed by atoms with E-state index >= 15 is 0 Å². The Bertz CT molecular complexity index is 706. The molecular formula is C18H23N3O3S. The molecule has 1 N–H and O–H groups in total. The number of hydrogen-bond acceptors (Lipinski definition) is 5. The van der Waals surface area contributed by atoms with E-state index in [0.717, 1.165) is 36.4 Å². The molecule has 25 heavy (non-hydrogen) atoms. The number of amides is 2. The van der Waals surface area contributed by atoms with Gasteiger partial charge in [-0.3, -0.25) is 0 Å². The third-order valence-corrected chi connectivity index (χ3v) is 5.27. The van der Waals surface area contributed by atoms with Crippen LogP contribution in [-0.2, 0) is 6.54 Å². The van der Waals surface area contributed by atoms with Gasteiger partial charge in [0, 0.05) is 24.7 Å². The molecule has 1 aromatic heterocycles. The van der Waals surface area contributed by atoms with Crippen LogP contribution in [0.5, 0.6) is 11.5 Å². The smallest absolute Gasteiger partial charge is 0.318 e. The van der Waals surface area contributed by atoms with Gasteiger partial charge >= 0.3 is 6.03 Å². The first-order valence-corrected chi connectivity index (χ1v) is 9.25. The van der Waals surface area contributed by atoms with Gasteiger partial charge in [-0.15, -0.1) is 11.3 Å². The Hall–Kier alpha value is -2.28. The zero-order valence-electron chi connectivity index (χ0n) is 14.5. The van der Waals surface area contributed by atoms with Gasteiger partial charge in [0.1, 0.15) is 5.01 Å². The molecule has 2 aromatic rings. The van der Waals surface area contributed by atoms with E-state index in [-0.39, 0.29) is 12.1 Å². The third kappa shape index (κ3) is 4.04. The Morgan fingerprint density at radius 3 is 2.88 bits per heavy atom. The Labute approximate surface area is 151 Å². The minimum atomic E-state index is -0.0466. The van der Waals surface area contributed by atoms with E-state index in [0.29, 0.717) is 18.0 Å². The van der Waals surface area contributed by atoms with E-state index in [1.807, 2.05) is 28.5 Å². The molecule has 7 heteroatoms. The highest BCUT2D eigenvalue weighted by Gasteiger charge is 2.29. The van der Waals surface area contributed by atoms with Crippen molar-refractivity contribution in [3.05, 3.63) is 40.3 Å². The topological polar surface area (TPSA) is 63.7 Å². The van der Waals surface area contributed by atoms with Crippen molar-refractivity contribution in [2.24, 2.45) is 0 Å². The molecule has 1 aromatic carbocycles. The summed E-state index contributed by atoms with van der Waals surface area (Å²) in [6.07, 6.45) is 4.93. The average Bonchev–Trinajstić information content (AvgIpc) is 3.20. The second-order valence-electron chi connectivity index (χ2n) is 5.92. The fourth-order valence-electron chi connectivity index (χ4n) is 3.10. The van der Waals surface area contributed by atoms with E-state index < -0.39 is 0 Å². The molecule has 1 aliphatic heterocycles. The van der Waals surface area contributed by atoms with Crippen molar-refractivity contribution in [1.82, 2.24) is 15.2 Å². The Kier molecular flexibility index (Phi) is 5.75. The number of piperidine rings is 1. The van der Waals surface area contributed by atoms with Crippen LogP contribution >= 0.6 is 11.3 Å².